The Morgan fingerprint density at radius 3 is 1.85 bits per heavy atom. The highest BCUT2D eigenvalue weighted by atomic mass is 16.4. The van der Waals surface area contributed by atoms with Crippen LogP contribution in [0.1, 0.15) is 49.7 Å². The molecule has 3 nitrogen and oxygen atoms in total. The van der Waals surface area contributed by atoms with Crippen molar-refractivity contribution in [1.82, 2.24) is 4.90 Å². The molecule has 1 atom stereocenters. The van der Waals surface area contributed by atoms with Gasteiger partial charge in [-0.3, -0.25) is 9.69 Å². The van der Waals surface area contributed by atoms with E-state index in [1.165, 1.54) is 43.2 Å². The van der Waals surface area contributed by atoms with Crippen LogP contribution in [-0.2, 0) is 17.9 Å². The number of carboxylic acids is 1. The average Bonchev–Trinajstić information content (AvgIpc) is 2.68. The van der Waals surface area contributed by atoms with Crippen LogP contribution in [0.25, 0.3) is 0 Å². The molecule has 138 valence electrons. The van der Waals surface area contributed by atoms with E-state index in [2.05, 4.69) is 29.2 Å². The quantitative estimate of drug-likeness (QED) is 0.718. The fourth-order valence-electron chi connectivity index (χ4n) is 4.06. The van der Waals surface area contributed by atoms with E-state index in [1.54, 1.807) is 0 Å². The van der Waals surface area contributed by atoms with Gasteiger partial charge in [0, 0.05) is 13.1 Å². The first-order valence-corrected chi connectivity index (χ1v) is 9.77. The van der Waals surface area contributed by atoms with Crippen LogP contribution in [0.2, 0.25) is 0 Å². The van der Waals surface area contributed by atoms with E-state index in [-0.39, 0.29) is 0 Å². The number of rotatable bonds is 8. The van der Waals surface area contributed by atoms with Gasteiger partial charge < -0.3 is 5.11 Å². The Morgan fingerprint density at radius 2 is 1.38 bits per heavy atom. The van der Waals surface area contributed by atoms with Crippen molar-refractivity contribution in [3.05, 3.63) is 71.8 Å². The van der Waals surface area contributed by atoms with Crippen molar-refractivity contribution in [2.24, 2.45) is 5.92 Å². The summed E-state index contributed by atoms with van der Waals surface area (Å²) >= 11 is 0. The van der Waals surface area contributed by atoms with Gasteiger partial charge in [0.2, 0.25) is 0 Å². The van der Waals surface area contributed by atoms with E-state index in [4.69, 9.17) is 0 Å². The minimum Gasteiger partial charge on any atom is -0.480 e. The van der Waals surface area contributed by atoms with Gasteiger partial charge in [-0.25, -0.2) is 0 Å². The second kappa shape index (κ2) is 9.54. The number of hydrogen-bond acceptors (Lipinski definition) is 2. The molecule has 0 aromatic heterocycles. The molecule has 1 fully saturated rings. The molecule has 1 aliphatic rings. The van der Waals surface area contributed by atoms with Gasteiger partial charge in [0.15, 0.2) is 0 Å². The van der Waals surface area contributed by atoms with E-state index < -0.39 is 12.0 Å². The standard InChI is InChI=1S/C23H29NO2/c25-23(26)22(16-19-10-4-1-5-11-19)24(17-20-12-6-2-7-13-20)18-21-14-8-3-9-15-21/h2-3,6-9,12-15,19,22H,1,4-5,10-11,16-18H2,(H,25,26)/t22-/m0/s1. The van der Waals surface area contributed by atoms with Crippen molar-refractivity contribution >= 4 is 5.97 Å². The lowest BCUT2D eigenvalue weighted by Gasteiger charge is -2.33. The molecule has 3 heteroatoms. The summed E-state index contributed by atoms with van der Waals surface area (Å²) < 4.78 is 0. The Kier molecular flexibility index (Phi) is 6.84. The maximum absolute atomic E-state index is 12.2. The van der Waals surface area contributed by atoms with Crippen LogP contribution < -0.4 is 0 Å². The molecule has 3 rings (SSSR count). The van der Waals surface area contributed by atoms with E-state index >= 15 is 0 Å². The Labute approximate surface area is 156 Å². The zero-order valence-electron chi connectivity index (χ0n) is 15.4. The van der Waals surface area contributed by atoms with Crippen molar-refractivity contribution in [2.75, 3.05) is 0 Å². The van der Waals surface area contributed by atoms with E-state index in [1.807, 2.05) is 36.4 Å². The number of benzene rings is 2. The van der Waals surface area contributed by atoms with E-state index in [0.29, 0.717) is 19.0 Å². The van der Waals surface area contributed by atoms with E-state index in [0.717, 1.165) is 6.42 Å². The number of aliphatic carboxylic acids is 1. The fourth-order valence-corrected chi connectivity index (χ4v) is 4.06. The molecule has 0 amide bonds. The normalized spacial score (nSPS) is 16.5. The number of hydrogen-bond donors (Lipinski definition) is 1. The number of nitrogens with zero attached hydrogens (tertiary/aromatic N) is 1. The Balaban J connectivity index is 1.79. The second-order valence-electron chi connectivity index (χ2n) is 7.47. The molecule has 0 unspecified atom stereocenters. The fraction of sp³-hybridized carbons (Fsp3) is 0.435. The minimum atomic E-state index is -0.692. The second-order valence-corrected chi connectivity index (χ2v) is 7.47. The van der Waals surface area contributed by atoms with Crippen molar-refractivity contribution in [3.8, 4) is 0 Å². The van der Waals surface area contributed by atoms with Crippen LogP contribution in [-0.4, -0.2) is 22.0 Å². The van der Waals surface area contributed by atoms with Crippen LogP contribution >= 0.6 is 0 Å². The molecule has 0 spiro atoms. The van der Waals surface area contributed by atoms with Crippen LogP contribution in [0.3, 0.4) is 0 Å². The molecular weight excluding hydrogens is 322 g/mol. The third-order valence-corrected chi connectivity index (χ3v) is 5.46. The smallest absolute Gasteiger partial charge is 0.320 e. The summed E-state index contributed by atoms with van der Waals surface area (Å²) in [4.78, 5) is 14.3. The van der Waals surface area contributed by atoms with Gasteiger partial charge in [0.25, 0.3) is 0 Å². The molecular formula is C23H29NO2. The van der Waals surface area contributed by atoms with Crippen molar-refractivity contribution < 1.29 is 9.90 Å². The third kappa shape index (κ3) is 5.43. The van der Waals surface area contributed by atoms with E-state index in [9.17, 15) is 9.90 Å². The van der Waals surface area contributed by atoms with Crippen molar-refractivity contribution in [2.45, 2.75) is 57.7 Å². The summed E-state index contributed by atoms with van der Waals surface area (Å²) in [6.07, 6.45) is 6.90. The molecule has 0 radical (unpaired) electrons. The summed E-state index contributed by atoms with van der Waals surface area (Å²) in [5.74, 6) is -0.152. The Bertz CT molecular complexity index is 624. The molecule has 1 saturated carbocycles. The summed E-state index contributed by atoms with van der Waals surface area (Å²) in [6, 6.07) is 20.0. The predicted octanol–water partition coefficient (Wildman–Crippen LogP) is 5.11. The molecule has 1 aliphatic carbocycles. The maximum Gasteiger partial charge on any atom is 0.320 e. The first-order chi connectivity index (χ1) is 12.7. The monoisotopic (exact) mass is 351 g/mol. The lowest BCUT2D eigenvalue weighted by molar-refractivity contribution is -0.144. The van der Waals surface area contributed by atoms with Crippen LogP contribution in [0.5, 0.6) is 0 Å². The third-order valence-electron chi connectivity index (χ3n) is 5.46. The number of carboxylic acid groups (broad SMARTS) is 1. The van der Waals surface area contributed by atoms with Crippen molar-refractivity contribution in [1.29, 1.82) is 0 Å². The van der Waals surface area contributed by atoms with Gasteiger partial charge in [0.1, 0.15) is 6.04 Å². The lowest BCUT2D eigenvalue weighted by Crippen LogP contribution is -2.42. The van der Waals surface area contributed by atoms with Gasteiger partial charge in [-0.05, 0) is 23.5 Å². The molecule has 0 saturated heterocycles. The molecule has 2 aromatic carbocycles. The zero-order chi connectivity index (χ0) is 18.2. The largest absolute Gasteiger partial charge is 0.480 e. The predicted molar refractivity (Wildman–Crippen MR) is 105 cm³/mol. The van der Waals surface area contributed by atoms with Crippen molar-refractivity contribution in [3.63, 3.8) is 0 Å². The first kappa shape index (κ1) is 18.7. The Hall–Kier alpha value is -2.13. The van der Waals surface area contributed by atoms with Gasteiger partial charge in [-0.2, -0.15) is 0 Å². The maximum atomic E-state index is 12.2. The average molecular weight is 351 g/mol. The molecule has 1 N–H and O–H groups in total. The van der Waals surface area contributed by atoms with Crippen LogP contribution in [0.15, 0.2) is 60.7 Å². The highest BCUT2D eigenvalue weighted by Gasteiger charge is 2.29. The summed E-state index contributed by atoms with van der Waals surface area (Å²) in [5.41, 5.74) is 2.33. The SMILES string of the molecule is O=C(O)[C@H](CC1CCCCC1)N(Cc1ccccc1)Cc1ccccc1. The molecule has 0 aliphatic heterocycles. The molecule has 0 heterocycles. The highest BCUT2D eigenvalue weighted by molar-refractivity contribution is 5.73. The summed E-state index contributed by atoms with van der Waals surface area (Å²) in [7, 11) is 0. The Morgan fingerprint density at radius 1 is 0.885 bits per heavy atom. The topological polar surface area (TPSA) is 40.5 Å². The number of carbonyl (C=O) groups is 1. The summed E-state index contributed by atoms with van der Waals surface area (Å²) in [5, 5.41) is 9.99. The van der Waals surface area contributed by atoms with Crippen LogP contribution in [0.4, 0.5) is 0 Å². The molecule has 26 heavy (non-hydrogen) atoms. The van der Waals surface area contributed by atoms with Gasteiger partial charge >= 0.3 is 5.97 Å². The molecule has 2 aromatic rings. The van der Waals surface area contributed by atoms with Gasteiger partial charge in [-0.1, -0.05) is 92.8 Å². The summed E-state index contributed by atoms with van der Waals surface area (Å²) in [6.45, 7) is 1.33. The highest BCUT2D eigenvalue weighted by Crippen LogP contribution is 2.29. The first-order valence-electron chi connectivity index (χ1n) is 9.77. The van der Waals surface area contributed by atoms with Crippen LogP contribution in [0, 0.1) is 5.92 Å². The zero-order valence-corrected chi connectivity index (χ0v) is 15.4. The van der Waals surface area contributed by atoms with Gasteiger partial charge in [0.05, 0.1) is 0 Å². The lowest BCUT2D eigenvalue weighted by atomic mass is 9.84. The molecule has 0 bridgehead atoms. The minimum absolute atomic E-state index is 0.432. The van der Waals surface area contributed by atoms with Gasteiger partial charge in [-0.15, -0.1) is 0 Å².